The summed E-state index contributed by atoms with van der Waals surface area (Å²) in [6, 6.07) is 0.211. The number of hydrogen-bond acceptors (Lipinski definition) is 3. The van der Waals surface area contributed by atoms with Crippen LogP contribution in [0.2, 0.25) is 0 Å². The van der Waals surface area contributed by atoms with Gasteiger partial charge in [0.25, 0.3) is 0 Å². The van der Waals surface area contributed by atoms with Crippen molar-refractivity contribution in [2.45, 2.75) is 6.04 Å². The van der Waals surface area contributed by atoms with Crippen LogP contribution in [0.1, 0.15) is 0 Å². The summed E-state index contributed by atoms with van der Waals surface area (Å²) in [5.74, 6) is 0.684. The number of piperazine rings is 1. The van der Waals surface area contributed by atoms with Crippen LogP contribution in [0.15, 0.2) is 0 Å². The lowest BCUT2D eigenvalue weighted by Crippen LogP contribution is -2.53. The van der Waals surface area contributed by atoms with E-state index in [1.165, 1.54) is 4.90 Å². The van der Waals surface area contributed by atoms with E-state index in [9.17, 15) is 4.79 Å². The van der Waals surface area contributed by atoms with E-state index >= 15 is 0 Å². The molecule has 0 bridgehead atoms. The number of nitrogens with one attached hydrogen (secondary N) is 1. The van der Waals surface area contributed by atoms with Crippen LogP contribution in [-0.2, 0) is 0 Å². The van der Waals surface area contributed by atoms with Crippen LogP contribution in [0.25, 0.3) is 0 Å². The zero-order valence-corrected chi connectivity index (χ0v) is 7.05. The lowest BCUT2D eigenvalue weighted by atomic mass is 10.2. The number of rotatable bonds is 1. The zero-order chi connectivity index (χ0) is 8.27. The second-order valence-corrected chi connectivity index (χ2v) is 2.93. The molecule has 0 aliphatic carbocycles. The molecule has 11 heavy (non-hydrogen) atoms. The Kier molecular flexibility index (Phi) is 3.02. The third-order valence-corrected chi connectivity index (χ3v) is 2.19. The second-order valence-electron chi connectivity index (χ2n) is 2.56. The molecule has 1 fully saturated rings. The van der Waals surface area contributed by atoms with Gasteiger partial charge < -0.3 is 15.3 Å². The summed E-state index contributed by atoms with van der Waals surface area (Å²) in [7, 11) is 0. The van der Waals surface area contributed by atoms with E-state index in [1.807, 2.05) is 0 Å². The maximum atomic E-state index is 10.5. The summed E-state index contributed by atoms with van der Waals surface area (Å²) in [6.45, 7) is 1.87. The average Bonchev–Trinajstić information content (AvgIpc) is 2.05. The minimum absolute atomic E-state index is 0.211. The Bertz CT molecular complexity index is 154. The van der Waals surface area contributed by atoms with Gasteiger partial charge >= 0.3 is 6.09 Å². The van der Waals surface area contributed by atoms with Gasteiger partial charge in [-0.1, -0.05) is 0 Å². The Morgan fingerprint density at radius 2 is 2.55 bits per heavy atom. The van der Waals surface area contributed by atoms with Gasteiger partial charge in [-0.05, 0) is 0 Å². The van der Waals surface area contributed by atoms with Gasteiger partial charge in [-0.2, -0.15) is 12.6 Å². The number of carbonyl (C=O) groups is 1. The van der Waals surface area contributed by atoms with E-state index in [2.05, 4.69) is 17.9 Å². The lowest BCUT2D eigenvalue weighted by Gasteiger charge is -2.30. The molecular formula is C6H12N2O2S. The Balaban J connectivity index is 2.39. The average molecular weight is 176 g/mol. The molecule has 1 amide bonds. The number of nitrogens with zero attached hydrogens (tertiary/aromatic N) is 1. The first-order valence-corrected chi connectivity index (χ1v) is 4.19. The molecule has 4 nitrogen and oxygen atoms in total. The number of thiol groups is 1. The van der Waals surface area contributed by atoms with E-state index < -0.39 is 6.09 Å². The maximum absolute atomic E-state index is 10.5. The van der Waals surface area contributed by atoms with E-state index in [1.54, 1.807) is 0 Å². The molecule has 1 heterocycles. The molecule has 0 aromatic rings. The summed E-state index contributed by atoms with van der Waals surface area (Å²) in [6.07, 6.45) is -0.835. The van der Waals surface area contributed by atoms with Crippen LogP contribution >= 0.6 is 12.6 Å². The monoisotopic (exact) mass is 176 g/mol. The number of amides is 1. The number of hydrogen-bond donors (Lipinski definition) is 3. The third-order valence-electron chi connectivity index (χ3n) is 1.75. The molecule has 0 unspecified atom stereocenters. The molecule has 1 saturated heterocycles. The fourth-order valence-electron chi connectivity index (χ4n) is 1.12. The Hall–Kier alpha value is -0.420. The smallest absolute Gasteiger partial charge is 0.407 e. The van der Waals surface area contributed by atoms with Crippen molar-refractivity contribution < 1.29 is 9.90 Å². The highest BCUT2D eigenvalue weighted by molar-refractivity contribution is 7.80. The van der Waals surface area contributed by atoms with Crippen molar-refractivity contribution >= 4 is 18.7 Å². The largest absolute Gasteiger partial charge is 0.465 e. The van der Waals surface area contributed by atoms with E-state index in [-0.39, 0.29) is 6.04 Å². The van der Waals surface area contributed by atoms with Crippen LogP contribution in [0.4, 0.5) is 4.79 Å². The van der Waals surface area contributed by atoms with Gasteiger partial charge in [0.2, 0.25) is 0 Å². The highest BCUT2D eigenvalue weighted by atomic mass is 32.1. The Labute approximate surface area is 71.0 Å². The lowest BCUT2D eigenvalue weighted by molar-refractivity contribution is 0.131. The summed E-state index contributed by atoms with van der Waals surface area (Å²) in [4.78, 5) is 11.9. The van der Waals surface area contributed by atoms with Gasteiger partial charge in [0, 0.05) is 31.4 Å². The van der Waals surface area contributed by atoms with Crippen molar-refractivity contribution in [3.63, 3.8) is 0 Å². The molecule has 0 radical (unpaired) electrons. The summed E-state index contributed by atoms with van der Waals surface area (Å²) in [5, 5.41) is 11.8. The molecule has 1 rings (SSSR count). The molecular weight excluding hydrogens is 164 g/mol. The van der Waals surface area contributed by atoms with E-state index in [0.29, 0.717) is 18.8 Å². The van der Waals surface area contributed by atoms with Gasteiger partial charge in [-0.3, -0.25) is 0 Å². The second kappa shape index (κ2) is 3.82. The van der Waals surface area contributed by atoms with Crippen LogP contribution < -0.4 is 5.32 Å². The van der Waals surface area contributed by atoms with Crippen molar-refractivity contribution in [1.82, 2.24) is 10.2 Å². The molecule has 2 N–H and O–H groups in total. The molecule has 1 aliphatic heterocycles. The van der Waals surface area contributed by atoms with Crippen molar-refractivity contribution in [2.24, 2.45) is 0 Å². The first-order chi connectivity index (χ1) is 5.24. The third kappa shape index (κ3) is 2.27. The summed E-state index contributed by atoms with van der Waals surface area (Å²) < 4.78 is 0. The predicted molar refractivity (Wildman–Crippen MR) is 45.2 cm³/mol. The Morgan fingerprint density at radius 1 is 1.82 bits per heavy atom. The first-order valence-electron chi connectivity index (χ1n) is 3.56. The Morgan fingerprint density at radius 3 is 3.09 bits per heavy atom. The normalized spacial score (nSPS) is 25.2. The van der Waals surface area contributed by atoms with Gasteiger partial charge in [0.15, 0.2) is 0 Å². The number of carboxylic acid groups (broad SMARTS) is 1. The quantitative estimate of drug-likeness (QED) is 0.488. The van der Waals surface area contributed by atoms with Crippen molar-refractivity contribution in [2.75, 3.05) is 25.4 Å². The standard InChI is InChI=1S/C6H12N2O2S/c9-6(10)8-2-1-7-5(3-8)4-11/h5,7,11H,1-4H2,(H,9,10)/t5-/m0/s1. The fourth-order valence-corrected chi connectivity index (χ4v) is 1.37. The summed E-state index contributed by atoms with van der Waals surface area (Å²) >= 11 is 4.09. The molecule has 0 aromatic heterocycles. The van der Waals surface area contributed by atoms with Crippen LogP contribution in [0, 0.1) is 0 Å². The molecule has 0 aromatic carbocycles. The minimum Gasteiger partial charge on any atom is -0.465 e. The van der Waals surface area contributed by atoms with E-state index in [4.69, 9.17) is 5.11 Å². The SMILES string of the molecule is O=C(O)N1CCN[C@H](CS)C1. The van der Waals surface area contributed by atoms with Gasteiger partial charge in [0.05, 0.1) is 0 Å². The molecule has 64 valence electrons. The molecule has 0 spiro atoms. The van der Waals surface area contributed by atoms with Crippen molar-refractivity contribution in [3.8, 4) is 0 Å². The van der Waals surface area contributed by atoms with E-state index in [0.717, 1.165) is 6.54 Å². The first kappa shape index (κ1) is 8.67. The highest BCUT2D eigenvalue weighted by Crippen LogP contribution is 2.00. The van der Waals surface area contributed by atoms with Crippen molar-refractivity contribution in [1.29, 1.82) is 0 Å². The molecule has 5 heteroatoms. The fraction of sp³-hybridized carbons (Fsp3) is 0.833. The van der Waals surface area contributed by atoms with Crippen molar-refractivity contribution in [3.05, 3.63) is 0 Å². The minimum atomic E-state index is -0.835. The van der Waals surface area contributed by atoms with Gasteiger partial charge in [-0.25, -0.2) is 4.79 Å². The molecule has 1 aliphatic rings. The maximum Gasteiger partial charge on any atom is 0.407 e. The topological polar surface area (TPSA) is 52.6 Å². The van der Waals surface area contributed by atoms with Gasteiger partial charge in [-0.15, -0.1) is 0 Å². The zero-order valence-electron chi connectivity index (χ0n) is 6.16. The van der Waals surface area contributed by atoms with Crippen LogP contribution in [0.3, 0.4) is 0 Å². The highest BCUT2D eigenvalue weighted by Gasteiger charge is 2.20. The predicted octanol–water partition coefficient (Wildman–Crippen LogP) is -0.132. The summed E-state index contributed by atoms with van der Waals surface area (Å²) in [5.41, 5.74) is 0. The van der Waals surface area contributed by atoms with Gasteiger partial charge in [0.1, 0.15) is 0 Å². The van der Waals surface area contributed by atoms with Crippen LogP contribution in [-0.4, -0.2) is 47.5 Å². The molecule has 0 saturated carbocycles. The van der Waals surface area contributed by atoms with Crippen LogP contribution in [0.5, 0.6) is 0 Å². The molecule has 1 atom stereocenters.